The van der Waals surface area contributed by atoms with E-state index in [4.69, 9.17) is 26.1 Å². The molecule has 5 rings (SSSR count). The van der Waals surface area contributed by atoms with Crippen LogP contribution in [0.4, 0.5) is 4.39 Å². The van der Waals surface area contributed by atoms with Crippen LogP contribution in [0.15, 0.2) is 48.8 Å². The number of likely N-dealkylation sites (tertiary alicyclic amines) is 1. The van der Waals surface area contributed by atoms with Crippen molar-refractivity contribution in [2.45, 2.75) is 57.0 Å². The molecule has 1 aromatic heterocycles. The predicted molar refractivity (Wildman–Crippen MR) is 135 cm³/mol. The molecule has 0 aliphatic carbocycles. The zero-order chi connectivity index (χ0) is 24.4. The van der Waals surface area contributed by atoms with Crippen LogP contribution < -0.4 is 4.74 Å². The average molecular weight is 501 g/mol. The predicted octanol–water partition coefficient (Wildman–Crippen LogP) is 4.85. The van der Waals surface area contributed by atoms with E-state index in [0.29, 0.717) is 40.7 Å². The summed E-state index contributed by atoms with van der Waals surface area (Å²) >= 11 is 5.99. The van der Waals surface area contributed by atoms with Crippen molar-refractivity contribution in [3.8, 4) is 5.88 Å². The first-order chi connectivity index (χ1) is 17.0. The Balaban J connectivity index is 1.16. The van der Waals surface area contributed by atoms with Crippen molar-refractivity contribution in [2.75, 3.05) is 33.3 Å². The van der Waals surface area contributed by atoms with Crippen molar-refractivity contribution < 1.29 is 13.9 Å². The summed E-state index contributed by atoms with van der Waals surface area (Å²) in [5.74, 6) is 0.586. The Bertz CT molecular complexity index is 1040. The van der Waals surface area contributed by atoms with E-state index in [0.717, 1.165) is 51.2 Å². The fraction of sp³-hybridized carbons (Fsp3) is 0.519. The number of hydrogen-bond donors (Lipinski definition) is 0. The Labute approximate surface area is 212 Å². The van der Waals surface area contributed by atoms with E-state index in [1.54, 1.807) is 6.07 Å². The van der Waals surface area contributed by atoms with Crippen LogP contribution in [0.5, 0.6) is 5.88 Å². The van der Waals surface area contributed by atoms with Gasteiger partial charge in [0.25, 0.3) is 0 Å². The molecule has 1 unspecified atom stereocenters. The highest BCUT2D eigenvalue weighted by Gasteiger charge is 2.36. The topological polar surface area (TPSA) is 41.1 Å². The molecule has 0 radical (unpaired) electrons. The molecule has 2 aromatic rings. The van der Waals surface area contributed by atoms with Crippen LogP contribution in [0, 0.1) is 5.82 Å². The summed E-state index contributed by atoms with van der Waals surface area (Å²) < 4.78 is 25.5. The monoisotopic (exact) mass is 500 g/mol. The van der Waals surface area contributed by atoms with Gasteiger partial charge in [0.15, 0.2) is 0 Å². The zero-order valence-corrected chi connectivity index (χ0v) is 21.2. The van der Waals surface area contributed by atoms with Crippen LogP contribution in [0.25, 0.3) is 0 Å². The van der Waals surface area contributed by atoms with Gasteiger partial charge >= 0.3 is 0 Å². The van der Waals surface area contributed by atoms with E-state index in [9.17, 15) is 4.39 Å². The maximum Gasteiger partial charge on any atom is 0.213 e. The molecular weight excluding hydrogens is 467 g/mol. The second-order valence-corrected chi connectivity index (χ2v) is 10.3. The zero-order valence-electron chi connectivity index (χ0n) is 20.4. The third kappa shape index (κ3) is 5.57. The van der Waals surface area contributed by atoms with Crippen molar-refractivity contribution in [2.24, 2.45) is 0 Å². The highest BCUT2D eigenvalue weighted by atomic mass is 35.5. The first-order valence-electron chi connectivity index (χ1n) is 12.5. The molecule has 1 aromatic carbocycles. The lowest BCUT2D eigenvalue weighted by molar-refractivity contribution is -0.0745. The Morgan fingerprint density at radius 2 is 1.97 bits per heavy atom. The number of piperidine rings is 1. The molecule has 3 aliphatic rings. The highest BCUT2D eigenvalue weighted by Crippen LogP contribution is 2.31. The first-order valence-corrected chi connectivity index (χ1v) is 12.9. The number of benzene rings is 1. The maximum absolute atomic E-state index is 14.0. The SMILES string of the molecule is C[C@@H](C1N(C)C=CN1C[C@@H]1CCO1)N1CCC(c2cccc(OCc3cc(Cl)ccc3F)n2)CC1. The van der Waals surface area contributed by atoms with Gasteiger partial charge in [-0.1, -0.05) is 17.7 Å². The molecule has 3 atom stereocenters. The smallest absolute Gasteiger partial charge is 0.213 e. The lowest BCUT2D eigenvalue weighted by Crippen LogP contribution is -2.56. The molecule has 2 fully saturated rings. The molecule has 6 nitrogen and oxygen atoms in total. The van der Waals surface area contributed by atoms with Gasteiger partial charge in [0.05, 0.1) is 6.10 Å². The lowest BCUT2D eigenvalue weighted by Gasteiger charge is -2.44. The number of ether oxygens (including phenoxy) is 2. The lowest BCUT2D eigenvalue weighted by atomic mass is 9.92. The quantitative estimate of drug-likeness (QED) is 0.516. The van der Waals surface area contributed by atoms with Gasteiger partial charge in [0.1, 0.15) is 18.6 Å². The molecule has 0 saturated carbocycles. The summed E-state index contributed by atoms with van der Waals surface area (Å²) in [7, 11) is 2.16. The largest absolute Gasteiger partial charge is 0.473 e. The van der Waals surface area contributed by atoms with Crippen LogP contribution in [-0.4, -0.2) is 71.3 Å². The number of pyridine rings is 1. The number of nitrogens with zero attached hydrogens (tertiary/aromatic N) is 4. The number of halogens is 2. The Hall–Kier alpha value is -2.35. The number of likely N-dealkylation sites (N-methyl/N-ethyl adjacent to an activating group) is 1. The van der Waals surface area contributed by atoms with Crippen LogP contribution in [0.1, 0.15) is 43.4 Å². The Kier molecular flexibility index (Phi) is 7.46. The Morgan fingerprint density at radius 3 is 2.71 bits per heavy atom. The summed E-state index contributed by atoms with van der Waals surface area (Å²) in [6.45, 7) is 6.36. The van der Waals surface area contributed by atoms with Crippen molar-refractivity contribution in [1.29, 1.82) is 0 Å². The van der Waals surface area contributed by atoms with Crippen LogP contribution in [0.3, 0.4) is 0 Å². The summed E-state index contributed by atoms with van der Waals surface area (Å²) in [6.07, 6.45) is 8.35. The molecule has 4 heterocycles. The van der Waals surface area contributed by atoms with E-state index in [1.807, 2.05) is 12.1 Å². The fourth-order valence-corrected chi connectivity index (χ4v) is 5.58. The minimum Gasteiger partial charge on any atom is -0.473 e. The van der Waals surface area contributed by atoms with Gasteiger partial charge in [0, 0.05) is 66.9 Å². The Morgan fingerprint density at radius 1 is 1.17 bits per heavy atom. The van der Waals surface area contributed by atoms with Gasteiger partial charge in [0.2, 0.25) is 5.88 Å². The second-order valence-electron chi connectivity index (χ2n) is 9.83. The van der Waals surface area contributed by atoms with Gasteiger partial charge in [-0.2, -0.15) is 0 Å². The summed E-state index contributed by atoms with van der Waals surface area (Å²) in [6, 6.07) is 10.8. The third-order valence-electron chi connectivity index (χ3n) is 7.54. The van der Waals surface area contributed by atoms with E-state index in [1.165, 1.54) is 12.1 Å². The first kappa shape index (κ1) is 24.3. The van der Waals surface area contributed by atoms with Gasteiger partial charge in [-0.3, -0.25) is 4.90 Å². The van der Waals surface area contributed by atoms with E-state index in [2.05, 4.69) is 47.1 Å². The number of rotatable bonds is 8. The standard InChI is InChI=1S/C27H34ClFN4O2/c1-19(27-31(2)13-14-33(27)17-23-10-15-34-23)32-11-8-20(9-12-32)25-4-3-5-26(30-25)35-18-21-16-22(28)6-7-24(21)29/h3-7,13-14,16,19-20,23,27H,8-12,15,17-18H2,1-2H3/t19-,23-,27?/m0/s1. The van der Waals surface area contributed by atoms with Gasteiger partial charge in [-0.05, 0) is 63.5 Å². The van der Waals surface area contributed by atoms with Crippen LogP contribution >= 0.6 is 11.6 Å². The molecule has 0 N–H and O–H groups in total. The van der Waals surface area contributed by atoms with Gasteiger partial charge < -0.3 is 19.3 Å². The van der Waals surface area contributed by atoms with Crippen molar-refractivity contribution in [3.05, 3.63) is 70.9 Å². The third-order valence-corrected chi connectivity index (χ3v) is 7.78. The van der Waals surface area contributed by atoms with Crippen molar-refractivity contribution >= 4 is 11.6 Å². The molecule has 2 saturated heterocycles. The van der Waals surface area contributed by atoms with Crippen LogP contribution in [-0.2, 0) is 11.3 Å². The molecule has 0 amide bonds. The van der Waals surface area contributed by atoms with Crippen molar-refractivity contribution in [3.63, 3.8) is 0 Å². The van der Waals surface area contributed by atoms with Crippen molar-refractivity contribution in [1.82, 2.24) is 19.7 Å². The molecule has 0 bridgehead atoms. The number of hydrogen-bond acceptors (Lipinski definition) is 6. The van der Waals surface area contributed by atoms with E-state index in [-0.39, 0.29) is 12.4 Å². The maximum atomic E-state index is 14.0. The van der Waals surface area contributed by atoms with Crippen LogP contribution in [0.2, 0.25) is 5.02 Å². The summed E-state index contributed by atoms with van der Waals surface area (Å²) in [5.41, 5.74) is 1.47. The molecule has 3 aliphatic heterocycles. The van der Waals surface area contributed by atoms with E-state index < -0.39 is 0 Å². The molecule has 8 heteroatoms. The fourth-order valence-electron chi connectivity index (χ4n) is 5.39. The summed E-state index contributed by atoms with van der Waals surface area (Å²) in [4.78, 5) is 12.1. The molecule has 35 heavy (non-hydrogen) atoms. The van der Waals surface area contributed by atoms with Gasteiger partial charge in [-0.15, -0.1) is 0 Å². The molecule has 188 valence electrons. The second kappa shape index (κ2) is 10.7. The molecular formula is C27H34ClFN4O2. The minimum absolute atomic E-state index is 0.101. The normalized spacial score (nSPS) is 24.0. The molecule has 0 spiro atoms. The minimum atomic E-state index is -0.325. The van der Waals surface area contributed by atoms with E-state index >= 15 is 0 Å². The number of aromatic nitrogens is 1. The van der Waals surface area contributed by atoms with Gasteiger partial charge in [-0.25, -0.2) is 9.37 Å². The summed E-state index contributed by atoms with van der Waals surface area (Å²) in [5, 5.41) is 0.492. The highest BCUT2D eigenvalue weighted by molar-refractivity contribution is 6.30. The average Bonchev–Trinajstić information content (AvgIpc) is 3.21.